The average molecular weight is 483 g/mol. The highest BCUT2D eigenvalue weighted by molar-refractivity contribution is 5.27. The van der Waals surface area contributed by atoms with Crippen molar-refractivity contribution in [3.8, 4) is 0 Å². The maximum Gasteiger partial charge on any atom is 0.123 e. The SMILES string of the molecule is Fc1ccc(C[N+]2(Cc3ccc(F)cc3)CCC(CN[C@@H]3C[C@H]3c3ccccc3)CC2)cc1.[Cl-]. The Labute approximate surface area is 208 Å². The molecule has 5 rings (SSSR count). The van der Waals surface area contributed by atoms with E-state index >= 15 is 0 Å². The predicted octanol–water partition coefficient (Wildman–Crippen LogP) is 3.04. The third kappa shape index (κ3) is 6.24. The van der Waals surface area contributed by atoms with E-state index in [2.05, 4.69) is 35.6 Å². The molecule has 0 amide bonds. The molecule has 2 aliphatic rings. The van der Waals surface area contributed by atoms with Crippen molar-refractivity contribution in [2.45, 2.75) is 44.3 Å². The second kappa shape index (κ2) is 11.0. The second-order valence-electron chi connectivity index (χ2n) is 10.1. The molecule has 1 heterocycles. The molecule has 1 saturated heterocycles. The lowest BCUT2D eigenvalue weighted by atomic mass is 9.93. The molecule has 0 aromatic heterocycles. The van der Waals surface area contributed by atoms with Gasteiger partial charge >= 0.3 is 0 Å². The van der Waals surface area contributed by atoms with Gasteiger partial charge in [-0.3, -0.25) is 0 Å². The Hall–Kier alpha value is -2.27. The molecule has 1 N–H and O–H groups in total. The van der Waals surface area contributed by atoms with Gasteiger partial charge in [0, 0.05) is 35.9 Å². The normalized spacial score (nSPS) is 21.6. The lowest BCUT2D eigenvalue weighted by Gasteiger charge is -2.44. The van der Waals surface area contributed by atoms with Crippen LogP contribution in [0.25, 0.3) is 0 Å². The standard InChI is InChI=1S/C29H33F2N2.ClH/c30-26-10-6-23(7-11-26)20-33(21-24-8-12-27(31)13-9-24)16-14-22(15-17-33)19-32-29-18-28(29)25-4-2-1-3-5-25;/h1-13,22,28-29,32H,14-21H2;1H/q+1;/p-1/t28-,29+;/m0./s1. The lowest BCUT2D eigenvalue weighted by Crippen LogP contribution is -3.00. The van der Waals surface area contributed by atoms with Crippen LogP contribution in [0.15, 0.2) is 78.9 Å². The van der Waals surface area contributed by atoms with Crippen molar-refractivity contribution in [1.82, 2.24) is 5.32 Å². The van der Waals surface area contributed by atoms with Crippen LogP contribution in [0.3, 0.4) is 0 Å². The summed E-state index contributed by atoms with van der Waals surface area (Å²) in [5.74, 6) is 0.973. The topological polar surface area (TPSA) is 12.0 Å². The first-order chi connectivity index (χ1) is 16.1. The highest BCUT2D eigenvalue weighted by atomic mass is 35.5. The molecule has 2 atom stereocenters. The molecule has 0 bridgehead atoms. The number of nitrogens with zero attached hydrogens (tertiary/aromatic N) is 1. The fourth-order valence-corrected chi connectivity index (χ4v) is 5.51. The van der Waals surface area contributed by atoms with E-state index in [4.69, 9.17) is 0 Å². The average Bonchev–Trinajstić information content (AvgIpc) is 3.62. The molecule has 2 nitrogen and oxygen atoms in total. The van der Waals surface area contributed by atoms with Gasteiger partial charge in [-0.15, -0.1) is 0 Å². The fraction of sp³-hybridized carbons (Fsp3) is 0.379. The van der Waals surface area contributed by atoms with E-state index in [1.807, 2.05) is 24.3 Å². The highest BCUT2D eigenvalue weighted by Gasteiger charge is 2.39. The van der Waals surface area contributed by atoms with E-state index in [1.54, 1.807) is 24.3 Å². The van der Waals surface area contributed by atoms with E-state index in [-0.39, 0.29) is 24.0 Å². The van der Waals surface area contributed by atoms with Gasteiger partial charge in [0.2, 0.25) is 0 Å². The minimum absolute atomic E-state index is 0. The molecule has 0 unspecified atom stereocenters. The zero-order valence-electron chi connectivity index (χ0n) is 19.5. The minimum Gasteiger partial charge on any atom is -1.00 e. The van der Waals surface area contributed by atoms with Crippen LogP contribution in [0.2, 0.25) is 0 Å². The molecule has 3 aromatic carbocycles. The maximum atomic E-state index is 13.4. The Bertz CT molecular complexity index is 982. The third-order valence-corrected chi connectivity index (χ3v) is 7.57. The first-order valence-corrected chi connectivity index (χ1v) is 12.2. The van der Waals surface area contributed by atoms with E-state index in [0.29, 0.717) is 17.9 Å². The Kier molecular flexibility index (Phi) is 8.02. The molecule has 3 aromatic rings. The molecule has 0 spiro atoms. The number of hydrogen-bond acceptors (Lipinski definition) is 1. The van der Waals surface area contributed by atoms with E-state index in [9.17, 15) is 8.78 Å². The summed E-state index contributed by atoms with van der Waals surface area (Å²) in [6.45, 7) is 5.04. The summed E-state index contributed by atoms with van der Waals surface area (Å²) in [4.78, 5) is 0. The largest absolute Gasteiger partial charge is 1.00 e. The zero-order chi connectivity index (χ0) is 22.7. The first-order valence-electron chi connectivity index (χ1n) is 12.2. The summed E-state index contributed by atoms with van der Waals surface area (Å²) in [7, 11) is 0. The predicted molar refractivity (Wildman–Crippen MR) is 129 cm³/mol. The highest BCUT2D eigenvalue weighted by Crippen LogP contribution is 2.41. The van der Waals surface area contributed by atoms with Gasteiger partial charge < -0.3 is 22.2 Å². The number of halogens is 3. The van der Waals surface area contributed by atoms with E-state index < -0.39 is 0 Å². The molecule has 5 heteroatoms. The summed E-state index contributed by atoms with van der Waals surface area (Å²) >= 11 is 0. The van der Waals surface area contributed by atoms with Crippen LogP contribution in [-0.4, -0.2) is 30.2 Å². The molecule has 1 saturated carbocycles. The maximum absolute atomic E-state index is 13.4. The molecule has 0 radical (unpaired) electrons. The van der Waals surface area contributed by atoms with Gasteiger partial charge in [-0.25, -0.2) is 8.78 Å². The second-order valence-corrected chi connectivity index (χ2v) is 10.1. The minimum atomic E-state index is -0.192. The summed E-state index contributed by atoms with van der Waals surface area (Å²) in [6, 6.07) is 25.3. The number of benzene rings is 3. The number of nitrogens with one attached hydrogen (secondary N) is 1. The van der Waals surface area contributed by atoms with Crippen LogP contribution in [0.1, 0.15) is 41.9 Å². The molecule has 2 fully saturated rings. The van der Waals surface area contributed by atoms with Gasteiger partial charge in [-0.1, -0.05) is 54.6 Å². The quantitative estimate of drug-likeness (QED) is 0.487. The molecular weight excluding hydrogens is 450 g/mol. The van der Waals surface area contributed by atoms with Gasteiger partial charge in [-0.2, -0.15) is 0 Å². The van der Waals surface area contributed by atoms with Crippen molar-refractivity contribution < 1.29 is 25.7 Å². The van der Waals surface area contributed by atoms with Crippen molar-refractivity contribution in [1.29, 1.82) is 0 Å². The summed E-state index contributed by atoms with van der Waals surface area (Å²) in [6.07, 6.45) is 3.60. The Morgan fingerprint density at radius 1 is 0.735 bits per heavy atom. The van der Waals surface area contributed by atoms with Gasteiger partial charge in [0.05, 0.1) is 13.1 Å². The molecule has 1 aliphatic heterocycles. The summed E-state index contributed by atoms with van der Waals surface area (Å²) in [5.41, 5.74) is 3.78. The number of likely N-dealkylation sites (tertiary alicyclic amines) is 1. The summed E-state index contributed by atoms with van der Waals surface area (Å²) in [5, 5.41) is 3.82. The van der Waals surface area contributed by atoms with Crippen LogP contribution in [0, 0.1) is 17.6 Å². The monoisotopic (exact) mass is 482 g/mol. The first kappa shape index (κ1) is 24.8. The van der Waals surface area contributed by atoms with Crippen LogP contribution in [0.5, 0.6) is 0 Å². The summed E-state index contributed by atoms with van der Waals surface area (Å²) < 4.78 is 27.8. The number of piperidine rings is 1. The fourth-order valence-electron chi connectivity index (χ4n) is 5.51. The number of rotatable bonds is 8. The van der Waals surface area contributed by atoms with Crippen molar-refractivity contribution in [2.24, 2.45) is 5.92 Å². The van der Waals surface area contributed by atoms with Crippen LogP contribution >= 0.6 is 0 Å². The smallest absolute Gasteiger partial charge is 0.123 e. The van der Waals surface area contributed by atoms with Crippen molar-refractivity contribution in [3.05, 3.63) is 107 Å². The number of hydrogen-bond donors (Lipinski definition) is 1. The molecular formula is C29H33ClF2N2. The van der Waals surface area contributed by atoms with Gasteiger partial charge in [0.15, 0.2) is 0 Å². The van der Waals surface area contributed by atoms with Gasteiger partial charge in [-0.05, 0) is 48.7 Å². The van der Waals surface area contributed by atoms with E-state index in [0.717, 1.165) is 37.2 Å². The lowest BCUT2D eigenvalue weighted by molar-refractivity contribution is -0.958. The molecule has 1 aliphatic carbocycles. The van der Waals surface area contributed by atoms with E-state index in [1.165, 1.54) is 36.0 Å². The number of quaternary nitrogens is 1. The molecule has 180 valence electrons. The van der Waals surface area contributed by atoms with Crippen LogP contribution in [-0.2, 0) is 13.1 Å². The Morgan fingerprint density at radius 3 is 1.79 bits per heavy atom. The van der Waals surface area contributed by atoms with Gasteiger partial charge in [0.25, 0.3) is 0 Å². The van der Waals surface area contributed by atoms with Crippen molar-refractivity contribution in [3.63, 3.8) is 0 Å². The molecule has 34 heavy (non-hydrogen) atoms. The Balaban J connectivity index is 0.00000274. The zero-order valence-corrected chi connectivity index (χ0v) is 20.2. The Morgan fingerprint density at radius 2 is 1.26 bits per heavy atom. The van der Waals surface area contributed by atoms with Gasteiger partial charge in [0.1, 0.15) is 24.7 Å². The van der Waals surface area contributed by atoms with Crippen LogP contribution < -0.4 is 17.7 Å². The van der Waals surface area contributed by atoms with Crippen LogP contribution in [0.4, 0.5) is 8.78 Å². The third-order valence-electron chi connectivity index (χ3n) is 7.57. The van der Waals surface area contributed by atoms with Crippen molar-refractivity contribution >= 4 is 0 Å². The van der Waals surface area contributed by atoms with Crippen molar-refractivity contribution in [2.75, 3.05) is 19.6 Å².